The number of nitrogens with zero attached hydrogens (tertiary/aromatic N) is 1. The van der Waals surface area contributed by atoms with Gasteiger partial charge in [-0.1, -0.05) is 0 Å². The number of aliphatic hydroxyl groups excluding tert-OH is 1. The van der Waals surface area contributed by atoms with Crippen LogP contribution in [-0.2, 0) is 9.53 Å². The van der Waals surface area contributed by atoms with Gasteiger partial charge in [-0.05, 0) is 18.2 Å². The highest BCUT2D eigenvalue weighted by atomic mass is 19.1. The Balaban J connectivity index is 2.14. The Labute approximate surface area is 103 Å². The Morgan fingerprint density at radius 3 is 2.78 bits per heavy atom. The normalized spacial score (nSPS) is 14.2. The third-order valence-corrected chi connectivity index (χ3v) is 2.63. The zero-order chi connectivity index (χ0) is 13.1. The minimum Gasteiger partial charge on any atom is -0.394 e. The summed E-state index contributed by atoms with van der Waals surface area (Å²) < 4.78 is 18.1. The van der Waals surface area contributed by atoms with Crippen molar-refractivity contribution in [1.29, 1.82) is 0 Å². The number of Topliss-reactive ketones (excluding diaryl/α,β-unsaturated/α-hetero) is 1. The van der Waals surface area contributed by atoms with E-state index in [2.05, 4.69) is 0 Å². The number of hydrogen-bond acceptors (Lipinski definition) is 4. The number of halogens is 1. The molecular formula is C12H12FNO4. The lowest BCUT2D eigenvalue weighted by Crippen LogP contribution is -2.33. The Hall–Kier alpha value is -1.79. The van der Waals surface area contributed by atoms with Crippen LogP contribution in [0, 0.1) is 5.82 Å². The van der Waals surface area contributed by atoms with E-state index >= 15 is 0 Å². The molecular weight excluding hydrogens is 241 g/mol. The van der Waals surface area contributed by atoms with E-state index in [4.69, 9.17) is 9.84 Å². The molecule has 1 N–H and O–H groups in total. The molecule has 0 saturated carbocycles. The van der Waals surface area contributed by atoms with E-state index in [0.717, 1.165) is 12.1 Å². The molecule has 18 heavy (non-hydrogen) atoms. The van der Waals surface area contributed by atoms with Crippen LogP contribution in [0.5, 0.6) is 0 Å². The van der Waals surface area contributed by atoms with Crippen molar-refractivity contribution in [3.63, 3.8) is 0 Å². The van der Waals surface area contributed by atoms with Gasteiger partial charge in [0, 0.05) is 6.54 Å². The van der Waals surface area contributed by atoms with Gasteiger partial charge in [-0.15, -0.1) is 0 Å². The quantitative estimate of drug-likeness (QED) is 0.608. The summed E-state index contributed by atoms with van der Waals surface area (Å²) >= 11 is 0. The van der Waals surface area contributed by atoms with Gasteiger partial charge in [0.05, 0.1) is 31.1 Å². The zero-order valence-electron chi connectivity index (χ0n) is 9.56. The topological polar surface area (TPSA) is 66.8 Å². The van der Waals surface area contributed by atoms with Crippen LogP contribution in [-0.4, -0.2) is 43.2 Å². The van der Waals surface area contributed by atoms with Gasteiger partial charge in [-0.25, -0.2) is 4.39 Å². The second kappa shape index (κ2) is 5.24. The number of aliphatic hydroxyl groups is 1. The summed E-state index contributed by atoms with van der Waals surface area (Å²) in [5.41, 5.74) is 0.487. The van der Waals surface area contributed by atoms with E-state index in [1.54, 1.807) is 0 Å². The Morgan fingerprint density at radius 1 is 1.28 bits per heavy atom. The van der Waals surface area contributed by atoms with Gasteiger partial charge in [-0.3, -0.25) is 9.59 Å². The molecule has 0 aliphatic carbocycles. The number of ether oxygens (including phenoxy) is 1. The molecule has 1 amide bonds. The summed E-state index contributed by atoms with van der Waals surface area (Å²) in [6.07, 6.45) is 0. The summed E-state index contributed by atoms with van der Waals surface area (Å²) in [7, 11) is 0. The third-order valence-electron chi connectivity index (χ3n) is 2.63. The van der Waals surface area contributed by atoms with Crippen molar-refractivity contribution in [3.05, 3.63) is 29.6 Å². The first-order valence-electron chi connectivity index (χ1n) is 5.49. The first-order valence-corrected chi connectivity index (χ1v) is 5.49. The lowest BCUT2D eigenvalue weighted by molar-refractivity contribution is -0.114. The van der Waals surface area contributed by atoms with Gasteiger partial charge in [0.2, 0.25) is 0 Å². The van der Waals surface area contributed by atoms with Crippen molar-refractivity contribution in [2.75, 3.05) is 31.3 Å². The standard InChI is InChI=1S/C12H12FNO4/c13-8-1-2-9-10(7-8)14(12(17)11(9)16)3-5-18-6-4-15/h1-2,7,15H,3-6H2. The van der Waals surface area contributed by atoms with Crippen molar-refractivity contribution >= 4 is 17.4 Å². The molecule has 6 heteroatoms. The summed E-state index contributed by atoms with van der Waals surface area (Å²) in [4.78, 5) is 24.5. The van der Waals surface area contributed by atoms with Crippen molar-refractivity contribution in [2.45, 2.75) is 0 Å². The second-order valence-electron chi connectivity index (χ2n) is 3.78. The molecule has 0 aromatic heterocycles. The molecule has 1 aliphatic rings. The van der Waals surface area contributed by atoms with Crippen LogP contribution in [0.2, 0.25) is 0 Å². The highest BCUT2D eigenvalue weighted by Crippen LogP contribution is 2.29. The van der Waals surface area contributed by atoms with Gasteiger partial charge < -0.3 is 14.7 Å². The van der Waals surface area contributed by atoms with Crippen molar-refractivity contribution in [2.24, 2.45) is 0 Å². The average molecular weight is 253 g/mol. The van der Waals surface area contributed by atoms with Gasteiger partial charge >= 0.3 is 0 Å². The summed E-state index contributed by atoms with van der Waals surface area (Å²) in [6.45, 7) is 0.376. The fraction of sp³-hybridized carbons (Fsp3) is 0.333. The maximum Gasteiger partial charge on any atom is 0.299 e. The second-order valence-corrected chi connectivity index (χ2v) is 3.78. The van der Waals surface area contributed by atoms with Crippen LogP contribution in [0.3, 0.4) is 0 Å². The predicted molar refractivity (Wildman–Crippen MR) is 61.0 cm³/mol. The first kappa shape index (κ1) is 12.7. The van der Waals surface area contributed by atoms with Crippen LogP contribution < -0.4 is 4.90 Å². The molecule has 0 radical (unpaired) electrons. The fourth-order valence-electron chi connectivity index (χ4n) is 1.81. The molecule has 0 atom stereocenters. The van der Waals surface area contributed by atoms with Crippen molar-refractivity contribution < 1.29 is 23.8 Å². The fourth-order valence-corrected chi connectivity index (χ4v) is 1.81. The minimum atomic E-state index is -0.678. The molecule has 0 unspecified atom stereocenters. The number of carbonyl (C=O) groups excluding carboxylic acids is 2. The van der Waals surface area contributed by atoms with E-state index < -0.39 is 17.5 Å². The van der Waals surface area contributed by atoms with Gasteiger partial charge in [0.1, 0.15) is 5.82 Å². The van der Waals surface area contributed by atoms with E-state index in [1.165, 1.54) is 11.0 Å². The molecule has 0 saturated heterocycles. The number of benzene rings is 1. The van der Waals surface area contributed by atoms with Gasteiger partial charge in [0.25, 0.3) is 11.7 Å². The molecule has 5 nitrogen and oxygen atoms in total. The Morgan fingerprint density at radius 2 is 2.06 bits per heavy atom. The number of hydrogen-bond donors (Lipinski definition) is 1. The molecule has 0 spiro atoms. The van der Waals surface area contributed by atoms with Gasteiger partial charge in [-0.2, -0.15) is 0 Å². The maximum absolute atomic E-state index is 13.1. The molecule has 2 rings (SSSR count). The summed E-state index contributed by atoms with van der Waals surface area (Å²) in [5.74, 6) is -1.81. The summed E-state index contributed by atoms with van der Waals surface area (Å²) in [6, 6.07) is 3.61. The molecule has 0 fully saturated rings. The predicted octanol–water partition coefficient (Wildman–Crippen LogP) is 0.364. The van der Waals surface area contributed by atoms with Crippen LogP contribution in [0.4, 0.5) is 10.1 Å². The number of rotatable bonds is 5. The minimum absolute atomic E-state index is 0.113. The monoisotopic (exact) mass is 253 g/mol. The molecule has 1 aromatic carbocycles. The van der Waals surface area contributed by atoms with Crippen molar-refractivity contribution in [1.82, 2.24) is 0 Å². The first-order chi connectivity index (χ1) is 8.65. The number of amides is 1. The lowest BCUT2D eigenvalue weighted by atomic mass is 10.1. The smallest absolute Gasteiger partial charge is 0.299 e. The number of fused-ring (bicyclic) bond motifs is 1. The molecule has 96 valence electrons. The van der Waals surface area contributed by atoms with E-state index in [0.29, 0.717) is 0 Å². The Kier molecular flexibility index (Phi) is 3.69. The van der Waals surface area contributed by atoms with E-state index in [1.807, 2.05) is 0 Å². The Bertz CT molecular complexity index is 489. The van der Waals surface area contributed by atoms with E-state index in [9.17, 15) is 14.0 Å². The molecule has 0 bridgehead atoms. The number of anilines is 1. The average Bonchev–Trinajstić information content (AvgIpc) is 2.59. The molecule has 1 aromatic rings. The van der Waals surface area contributed by atoms with Crippen LogP contribution in [0.1, 0.15) is 10.4 Å². The van der Waals surface area contributed by atoms with Crippen LogP contribution in [0.15, 0.2) is 18.2 Å². The summed E-state index contributed by atoms with van der Waals surface area (Å²) in [5, 5.41) is 8.54. The highest BCUT2D eigenvalue weighted by Gasteiger charge is 2.35. The highest BCUT2D eigenvalue weighted by molar-refractivity contribution is 6.52. The maximum atomic E-state index is 13.1. The lowest BCUT2D eigenvalue weighted by Gasteiger charge is -2.16. The number of carbonyl (C=O) groups is 2. The van der Waals surface area contributed by atoms with E-state index in [-0.39, 0.29) is 37.6 Å². The largest absolute Gasteiger partial charge is 0.394 e. The SMILES string of the molecule is O=C1C(=O)N(CCOCCO)c2cc(F)ccc21. The van der Waals surface area contributed by atoms with Crippen LogP contribution in [0.25, 0.3) is 0 Å². The molecule has 1 heterocycles. The number of ketones is 1. The van der Waals surface area contributed by atoms with Crippen LogP contribution >= 0.6 is 0 Å². The van der Waals surface area contributed by atoms with Gasteiger partial charge in [0.15, 0.2) is 0 Å². The zero-order valence-corrected chi connectivity index (χ0v) is 9.56. The van der Waals surface area contributed by atoms with Crippen molar-refractivity contribution in [3.8, 4) is 0 Å². The third kappa shape index (κ3) is 2.25. The molecule has 1 aliphatic heterocycles.